The molecule has 0 bridgehead atoms. The molecule has 4 heteroatoms. The Labute approximate surface area is 128 Å². The Kier molecular flexibility index (Phi) is 6.17. The number of thiazole rings is 1. The standard InChI is InChI=1S/C16H30N2OS/c1-10(2)13(19-8)15-18-14(16(5,6)7)12(20-15)9-17-11(3)4/h10-11,13,17H,9H2,1-8H3. The Morgan fingerprint density at radius 2 is 1.80 bits per heavy atom. The zero-order valence-electron chi connectivity index (χ0n) is 14.2. The van der Waals surface area contributed by atoms with E-state index in [1.165, 1.54) is 10.6 Å². The molecule has 1 rings (SSSR count). The fourth-order valence-electron chi connectivity index (χ4n) is 2.15. The van der Waals surface area contributed by atoms with Crippen molar-refractivity contribution in [1.82, 2.24) is 10.3 Å². The number of nitrogens with zero attached hydrogens (tertiary/aromatic N) is 1. The van der Waals surface area contributed by atoms with Gasteiger partial charge in [0.1, 0.15) is 11.1 Å². The van der Waals surface area contributed by atoms with Gasteiger partial charge in [-0.1, -0.05) is 48.5 Å². The molecule has 0 aliphatic rings. The maximum absolute atomic E-state index is 5.63. The molecule has 0 spiro atoms. The first-order chi connectivity index (χ1) is 9.16. The van der Waals surface area contributed by atoms with Crippen molar-refractivity contribution in [3.8, 4) is 0 Å². The first-order valence-electron chi connectivity index (χ1n) is 7.43. The summed E-state index contributed by atoms with van der Waals surface area (Å²) in [5.41, 5.74) is 1.27. The molecule has 20 heavy (non-hydrogen) atoms. The Morgan fingerprint density at radius 3 is 2.20 bits per heavy atom. The van der Waals surface area contributed by atoms with E-state index in [1.807, 2.05) is 0 Å². The van der Waals surface area contributed by atoms with E-state index in [1.54, 1.807) is 18.4 Å². The minimum Gasteiger partial charge on any atom is -0.374 e. The highest BCUT2D eigenvalue weighted by atomic mass is 32.1. The van der Waals surface area contributed by atoms with Crippen molar-refractivity contribution in [2.45, 2.75) is 72.6 Å². The lowest BCUT2D eigenvalue weighted by molar-refractivity contribution is 0.0642. The van der Waals surface area contributed by atoms with E-state index in [0.29, 0.717) is 12.0 Å². The summed E-state index contributed by atoms with van der Waals surface area (Å²) in [5.74, 6) is 0.435. The van der Waals surface area contributed by atoms with Crippen LogP contribution in [0, 0.1) is 5.92 Å². The lowest BCUT2D eigenvalue weighted by Gasteiger charge is -2.19. The van der Waals surface area contributed by atoms with E-state index in [9.17, 15) is 0 Å². The first kappa shape index (κ1) is 17.6. The maximum Gasteiger partial charge on any atom is 0.122 e. The Bertz CT molecular complexity index is 419. The normalized spacial score (nSPS) is 14.3. The maximum atomic E-state index is 5.63. The molecule has 1 aromatic rings. The molecule has 1 aromatic heterocycles. The van der Waals surface area contributed by atoms with Crippen LogP contribution in [0.25, 0.3) is 0 Å². The van der Waals surface area contributed by atoms with E-state index in [4.69, 9.17) is 9.72 Å². The van der Waals surface area contributed by atoms with Crippen LogP contribution in [0.1, 0.15) is 70.1 Å². The van der Waals surface area contributed by atoms with Crippen LogP contribution >= 0.6 is 11.3 Å². The molecule has 0 aliphatic carbocycles. The zero-order valence-corrected chi connectivity index (χ0v) is 15.0. The smallest absolute Gasteiger partial charge is 0.122 e. The van der Waals surface area contributed by atoms with Gasteiger partial charge in [-0.2, -0.15) is 0 Å². The van der Waals surface area contributed by atoms with E-state index in [0.717, 1.165) is 11.6 Å². The fourth-order valence-corrected chi connectivity index (χ4v) is 3.63. The summed E-state index contributed by atoms with van der Waals surface area (Å²) in [6.07, 6.45) is 0.0916. The average molecular weight is 298 g/mol. The fraction of sp³-hybridized carbons (Fsp3) is 0.812. The van der Waals surface area contributed by atoms with Gasteiger partial charge in [0.25, 0.3) is 0 Å². The molecule has 1 N–H and O–H groups in total. The van der Waals surface area contributed by atoms with Crippen molar-refractivity contribution in [2.75, 3.05) is 7.11 Å². The van der Waals surface area contributed by atoms with E-state index >= 15 is 0 Å². The molecular formula is C16H30N2OS. The van der Waals surface area contributed by atoms with Crippen LogP contribution in [0.5, 0.6) is 0 Å². The number of rotatable bonds is 6. The van der Waals surface area contributed by atoms with Gasteiger partial charge in [-0.15, -0.1) is 11.3 Å². The summed E-state index contributed by atoms with van der Waals surface area (Å²) in [7, 11) is 1.77. The highest BCUT2D eigenvalue weighted by Gasteiger charge is 2.27. The SMILES string of the molecule is COC(c1nc(C(C)(C)C)c(CNC(C)C)s1)C(C)C. The van der Waals surface area contributed by atoms with Crippen LogP contribution < -0.4 is 5.32 Å². The topological polar surface area (TPSA) is 34.1 Å². The van der Waals surface area contributed by atoms with Gasteiger partial charge in [0.15, 0.2) is 0 Å². The molecule has 0 radical (unpaired) electrons. The highest BCUT2D eigenvalue weighted by Crippen LogP contribution is 2.35. The van der Waals surface area contributed by atoms with Crippen LogP contribution in [0.4, 0.5) is 0 Å². The van der Waals surface area contributed by atoms with Gasteiger partial charge in [-0.3, -0.25) is 0 Å². The van der Waals surface area contributed by atoms with Crippen LogP contribution in [-0.4, -0.2) is 18.1 Å². The lowest BCUT2D eigenvalue weighted by atomic mass is 9.91. The molecule has 0 saturated heterocycles. The predicted molar refractivity (Wildman–Crippen MR) is 87.4 cm³/mol. The number of aromatic nitrogens is 1. The lowest BCUT2D eigenvalue weighted by Crippen LogP contribution is -2.23. The monoisotopic (exact) mass is 298 g/mol. The molecule has 0 amide bonds. The molecular weight excluding hydrogens is 268 g/mol. The minimum absolute atomic E-state index is 0.0675. The molecule has 0 fully saturated rings. The van der Waals surface area contributed by atoms with E-state index < -0.39 is 0 Å². The average Bonchev–Trinajstić information content (AvgIpc) is 2.70. The molecule has 116 valence electrons. The number of nitrogens with one attached hydrogen (secondary N) is 1. The minimum atomic E-state index is 0.0675. The van der Waals surface area contributed by atoms with Crippen molar-refractivity contribution in [1.29, 1.82) is 0 Å². The quantitative estimate of drug-likeness (QED) is 0.851. The van der Waals surface area contributed by atoms with Crippen molar-refractivity contribution >= 4 is 11.3 Å². The number of hydrogen-bond donors (Lipinski definition) is 1. The largest absolute Gasteiger partial charge is 0.374 e. The summed E-state index contributed by atoms with van der Waals surface area (Å²) in [6, 6.07) is 0.483. The van der Waals surface area contributed by atoms with E-state index in [-0.39, 0.29) is 11.5 Å². The Hall–Kier alpha value is -0.450. The molecule has 1 atom stereocenters. The first-order valence-corrected chi connectivity index (χ1v) is 8.24. The predicted octanol–water partition coefficient (Wildman–Crippen LogP) is 4.28. The summed E-state index contributed by atoms with van der Waals surface area (Å²) < 4.78 is 5.63. The molecule has 1 heterocycles. The van der Waals surface area contributed by atoms with Crippen molar-refractivity contribution < 1.29 is 4.74 Å². The van der Waals surface area contributed by atoms with Crippen LogP contribution in [0.15, 0.2) is 0 Å². The van der Waals surface area contributed by atoms with Crippen LogP contribution in [0.2, 0.25) is 0 Å². The number of ether oxygens (including phenoxy) is 1. The van der Waals surface area contributed by atoms with Crippen LogP contribution in [0.3, 0.4) is 0 Å². The van der Waals surface area contributed by atoms with Crippen LogP contribution in [-0.2, 0) is 16.7 Å². The van der Waals surface area contributed by atoms with E-state index in [2.05, 4.69) is 53.8 Å². The second kappa shape index (κ2) is 7.01. The van der Waals surface area contributed by atoms with Gasteiger partial charge >= 0.3 is 0 Å². The van der Waals surface area contributed by atoms with Gasteiger partial charge in [0, 0.05) is 30.0 Å². The number of hydrogen-bond acceptors (Lipinski definition) is 4. The molecule has 0 aromatic carbocycles. The summed E-state index contributed by atoms with van der Waals surface area (Å²) >= 11 is 1.79. The third kappa shape index (κ3) is 4.54. The van der Waals surface area contributed by atoms with Gasteiger partial charge in [0.05, 0.1) is 5.69 Å². The Balaban J connectivity index is 3.11. The van der Waals surface area contributed by atoms with Crippen molar-refractivity contribution in [3.63, 3.8) is 0 Å². The molecule has 0 saturated carbocycles. The summed E-state index contributed by atoms with van der Waals surface area (Å²) in [4.78, 5) is 6.24. The second-order valence-corrected chi connectivity index (χ2v) is 8.13. The van der Waals surface area contributed by atoms with Gasteiger partial charge < -0.3 is 10.1 Å². The number of methoxy groups -OCH3 is 1. The summed E-state index contributed by atoms with van der Waals surface area (Å²) in [6.45, 7) is 16.3. The molecule has 0 aliphatic heterocycles. The zero-order chi connectivity index (χ0) is 15.5. The molecule has 3 nitrogen and oxygen atoms in total. The van der Waals surface area contributed by atoms with Crippen molar-refractivity contribution in [2.24, 2.45) is 5.92 Å². The summed E-state index contributed by atoms with van der Waals surface area (Å²) in [5, 5.41) is 4.61. The Morgan fingerprint density at radius 1 is 1.20 bits per heavy atom. The van der Waals surface area contributed by atoms with Gasteiger partial charge in [-0.05, 0) is 5.92 Å². The van der Waals surface area contributed by atoms with Gasteiger partial charge in [0.2, 0.25) is 0 Å². The second-order valence-electron chi connectivity index (χ2n) is 7.01. The van der Waals surface area contributed by atoms with Gasteiger partial charge in [-0.25, -0.2) is 4.98 Å². The molecule has 1 unspecified atom stereocenters. The highest BCUT2D eigenvalue weighted by molar-refractivity contribution is 7.11. The third-order valence-electron chi connectivity index (χ3n) is 3.20. The third-order valence-corrected chi connectivity index (χ3v) is 4.31. The van der Waals surface area contributed by atoms with Crippen molar-refractivity contribution in [3.05, 3.63) is 15.6 Å².